The van der Waals surface area contributed by atoms with Crippen molar-refractivity contribution in [1.29, 1.82) is 0 Å². The first-order valence-electron chi connectivity index (χ1n) is 5.89. The van der Waals surface area contributed by atoms with Crippen LogP contribution in [-0.4, -0.2) is 36.9 Å². The highest BCUT2D eigenvalue weighted by atomic mass is 16.5. The molecule has 94 valence electrons. The molecule has 0 radical (unpaired) electrons. The van der Waals surface area contributed by atoms with E-state index in [1.54, 1.807) is 7.11 Å². The summed E-state index contributed by atoms with van der Waals surface area (Å²) in [5.41, 5.74) is -0.642. The van der Waals surface area contributed by atoms with Crippen LogP contribution in [0.3, 0.4) is 0 Å². The van der Waals surface area contributed by atoms with Gasteiger partial charge in [-0.05, 0) is 24.7 Å². The molecule has 4 nitrogen and oxygen atoms in total. The molecule has 16 heavy (non-hydrogen) atoms. The Morgan fingerprint density at radius 3 is 2.62 bits per heavy atom. The number of nitrogens with one attached hydrogen (secondary N) is 1. The van der Waals surface area contributed by atoms with Gasteiger partial charge in [0.2, 0.25) is 0 Å². The van der Waals surface area contributed by atoms with Crippen molar-refractivity contribution in [1.82, 2.24) is 5.32 Å². The van der Waals surface area contributed by atoms with Gasteiger partial charge >= 0.3 is 5.97 Å². The highest BCUT2D eigenvalue weighted by molar-refractivity contribution is 5.79. The quantitative estimate of drug-likeness (QED) is 0.704. The average Bonchev–Trinajstić information content (AvgIpc) is 2.16. The third kappa shape index (κ3) is 3.19. The Balaban J connectivity index is 2.68. The second-order valence-electron chi connectivity index (χ2n) is 5.50. The summed E-state index contributed by atoms with van der Waals surface area (Å²) >= 11 is 0. The summed E-state index contributed by atoms with van der Waals surface area (Å²) < 4.78 is 4.95. The van der Waals surface area contributed by atoms with E-state index in [2.05, 4.69) is 19.2 Å². The lowest BCUT2D eigenvalue weighted by molar-refractivity contribution is -0.148. The maximum Gasteiger partial charge on any atom is 0.323 e. The molecule has 0 aromatic rings. The van der Waals surface area contributed by atoms with Crippen LogP contribution in [0.4, 0.5) is 0 Å². The van der Waals surface area contributed by atoms with Crippen LogP contribution in [0.15, 0.2) is 0 Å². The molecule has 0 saturated heterocycles. The van der Waals surface area contributed by atoms with Gasteiger partial charge < -0.3 is 9.84 Å². The maximum absolute atomic E-state index is 11.5. The number of rotatable bonds is 5. The number of methoxy groups -OCH3 is 1. The fourth-order valence-electron chi connectivity index (χ4n) is 2.66. The molecule has 0 bridgehead atoms. The second-order valence-corrected chi connectivity index (χ2v) is 5.50. The fourth-order valence-corrected chi connectivity index (χ4v) is 2.66. The lowest BCUT2D eigenvalue weighted by Gasteiger charge is -2.42. The first kappa shape index (κ1) is 13.5. The van der Waals surface area contributed by atoms with E-state index in [9.17, 15) is 9.90 Å². The fraction of sp³-hybridized carbons (Fsp3) is 0.917. The second kappa shape index (κ2) is 5.15. The van der Waals surface area contributed by atoms with Crippen LogP contribution in [0.5, 0.6) is 0 Å². The summed E-state index contributed by atoms with van der Waals surface area (Å²) in [5, 5.41) is 12.6. The predicted molar refractivity (Wildman–Crippen MR) is 62.5 cm³/mol. The molecule has 4 heteroatoms. The minimum absolute atomic E-state index is 0.108. The number of ether oxygens (including phenoxy) is 1. The summed E-state index contributed by atoms with van der Waals surface area (Å²) in [6.45, 7) is 5.43. The number of hydrogen-bond acceptors (Lipinski definition) is 3. The van der Waals surface area contributed by atoms with Crippen LogP contribution in [0.25, 0.3) is 0 Å². The summed E-state index contributed by atoms with van der Waals surface area (Å²) in [6.07, 6.45) is 3.49. The lowest BCUT2D eigenvalue weighted by Crippen LogP contribution is -2.57. The molecule has 1 rings (SSSR count). The Morgan fingerprint density at radius 2 is 2.12 bits per heavy atom. The van der Waals surface area contributed by atoms with Crippen LogP contribution in [0, 0.1) is 5.41 Å². The van der Waals surface area contributed by atoms with E-state index >= 15 is 0 Å². The molecule has 0 spiro atoms. The lowest BCUT2D eigenvalue weighted by atomic mass is 9.68. The molecule has 0 amide bonds. The molecule has 0 heterocycles. The van der Waals surface area contributed by atoms with Gasteiger partial charge in [-0.3, -0.25) is 10.1 Å². The molecule has 1 saturated carbocycles. The van der Waals surface area contributed by atoms with E-state index in [-0.39, 0.29) is 5.41 Å². The minimum atomic E-state index is -0.750. The van der Waals surface area contributed by atoms with Gasteiger partial charge in [0.15, 0.2) is 0 Å². The van der Waals surface area contributed by atoms with E-state index in [1.807, 2.05) is 0 Å². The Hall–Kier alpha value is -0.610. The van der Waals surface area contributed by atoms with Gasteiger partial charge in [0.1, 0.15) is 5.54 Å². The third-order valence-corrected chi connectivity index (χ3v) is 3.42. The topological polar surface area (TPSA) is 58.6 Å². The molecule has 1 atom stereocenters. The summed E-state index contributed by atoms with van der Waals surface area (Å²) in [4.78, 5) is 11.5. The molecular weight excluding hydrogens is 206 g/mol. The van der Waals surface area contributed by atoms with Crippen molar-refractivity contribution in [2.75, 3.05) is 20.3 Å². The molecule has 2 N–H and O–H groups in total. The highest BCUT2D eigenvalue weighted by Crippen LogP contribution is 2.41. The predicted octanol–water partition coefficient (Wildman–Crippen LogP) is 1.65. The van der Waals surface area contributed by atoms with Gasteiger partial charge in [0.05, 0.1) is 6.61 Å². The highest BCUT2D eigenvalue weighted by Gasteiger charge is 2.45. The Bertz CT molecular complexity index is 253. The monoisotopic (exact) mass is 229 g/mol. The number of carboxylic acid groups (broad SMARTS) is 1. The number of carbonyl (C=O) groups is 1. The van der Waals surface area contributed by atoms with Crippen molar-refractivity contribution in [2.24, 2.45) is 5.41 Å². The number of carboxylic acids is 1. The summed E-state index contributed by atoms with van der Waals surface area (Å²) in [5.74, 6) is -0.726. The number of aliphatic carboxylic acids is 1. The van der Waals surface area contributed by atoms with Crippen LogP contribution in [0.2, 0.25) is 0 Å². The van der Waals surface area contributed by atoms with Crippen LogP contribution >= 0.6 is 0 Å². The van der Waals surface area contributed by atoms with E-state index in [0.717, 1.165) is 19.3 Å². The summed E-state index contributed by atoms with van der Waals surface area (Å²) in [7, 11) is 1.62. The maximum atomic E-state index is 11.5. The number of hydrogen-bond donors (Lipinski definition) is 2. The molecular formula is C12H23NO3. The zero-order valence-electron chi connectivity index (χ0n) is 10.5. The third-order valence-electron chi connectivity index (χ3n) is 3.42. The largest absolute Gasteiger partial charge is 0.480 e. The molecule has 0 aromatic heterocycles. The van der Waals surface area contributed by atoms with Crippen molar-refractivity contribution >= 4 is 5.97 Å². The standard InChI is InChI=1S/C12H23NO3/c1-11(2)5-4-6-12(9-11,10(14)15)13-7-8-16-3/h13H,4-9H2,1-3H3,(H,14,15). The van der Waals surface area contributed by atoms with Gasteiger partial charge in [-0.1, -0.05) is 20.3 Å². The van der Waals surface area contributed by atoms with Crippen LogP contribution in [-0.2, 0) is 9.53 Å². The first-order chi connectivity index (χ1) is 7.42. The molecule has 1 unspecified atom stereocenters. The summed E-state index contributed by atoms with van der Waals surface area (Å²) in [6, 6.07) is 0. The smallest absolute Gasteiger partial charge is 0.323 e. The van der Waals surface area contributed by atoms with Crippen molar-refractivity contribution in [3.63, 3.8) is 0 Å². The van der Waals surface area contributed by atoms with E-state index in [0.29, 0.717) is 19.6 Å². The zero-order chi connectivity index (χ0) is 12.2. The van der Waals surface area contributed by atoms with E-state index < -0.39 is 11.5 Å². The van der Waals surface area contributed by atoms with Gasteiger partial charge in [0.25, 0.3) is 0 Å². The average molecular weight is 229 g/mol. The Morgan fingerprint density at radius 1 is 1.44 bits per heavy atom. The van der Waals surface area contributed by atoms with Crippen LogP contribution in [0.1, 0.15) is 39.5 Å². The molecule has 1 fully saturated rings. The van der Waals surface area contributed by atoms with Crippen molar-refractivity contribution in [2.45, 2.75) is 45.1 Å². The van der Waals surface area contributed by atoms with E-state index in [1.165, 1.54) is 0 Å². The van der Waals surface area contributed by atoms with Crippen molar-refractivity contribution in [3.05, 3.63) is 0 Å². The van der Waals surface area contributed by atoms with Gasteiger partial charge in [-0.2, -0.15) is 0 Å². The SMILES string of the molecule is COCCNC1(C(=O)O)CCCC(C)(C)C1. The molecule has 0 aliphatic heterocycles. The van der Waals surface area contributed by atoms with Gasteiger partial charge in [-0.15, -0.1) is 0 Å². The molecule has 1 aliphatic carbocycles. The zero-order valence-corrected chi connectivity index (χ0v) is 10.5. The minimum Gasteiger partial charge on any atom is -0.480 e. The Kier molecular flexibility index (Phi) is 4.33. The van der Waals surface area contributed by atoms with Gasteiger partial charge in [0, 0.05) is 13.7 Å². The molecule has 0 aromatic carbocycles. The molecule has 1 aliphatic rings. The Labute approximate surface area is 97.4 Å². The first-order valence-corrected chi connectivity index (χ1v) is 5.89. The van der Waals surface area contributed by atoms with Crippen molar-refractivity contribution in [3.8, 4) is 0 Å². The van der Waals surface area contributed by atoms with Gasteiger partial charge in [-0.25, -0.2) is 0 Å². The van der Waals surface area contributed by atoms with Crippen molar-refractivity contribution < 1.29 is 14.6 Å². The van der Waals surface area contributed by atoms with E-state index in [4.69, 9.17) is 4.74 Å². The normalized spacial score (nSPS) is 28.9. The van der Waals surface area contributed by atoms with Crippen LogP contribution < -0.4 is 5.32 Å².